The number of benzene rings is 2. The Kier molecular flexibility index (Phi) is 3.28. The predicted octanol–water partition coefficient (Wildman–Crippen LogP) is 3.91. The zero-order valence-corrected chi connectivity index (χ0v) is 11.2. The van der Waals surface area contributed by atoms with E-state index in [2.05, 4.69) is 29.4 Å². The molecule has 1 heterocycles. The van der Waals surface area contributed by atoms with E-state index in [1.807, 2.05) is 30.3 Å². The molecule has 2 aromatic carbocycles. The van der Waals surface area contributed by atoms with Crippen molar-refractivity contribution in [3.63, 3.8) is 0 Å². The minimum Gasteiger partial charge on any atom is -0.361 e. The number of rotatable bonds is 3. The van der Waals surface area contributed by atoms with E-state index in [0.29, 0.717) is 6.54 Å². The van der Waals surface area contributed by atoms with Gasteiger partial charge in [-0.2, -0.15) is 0 Å². The Morgan fingerprint density at radius 2 is 1.79 bits per heavy atom. The topological polar surface area (TPSA) is 41.8 Å². The van der Waals surface area contributed by atoms with Crippen LogP contribution >= 0.6 is 11.6 Å². The molecule has 0 spiro atoms. The molecule has 0 saturated heterocycles. The van der Waals surface area contributed by atoms with Gasteiger partial charge in [0.1, 0.15) is 0 Å². The Morgan fingerprint density at radius 1 is 1.05 bits per heavy atom. The van der Waals surface area contributed by atoms with Crippen molar-refractivity contribution in [2.75, 3.05) is 6.54 Å². The molecule has 0 fully saturated rings. The number of nitrogens with two attached hydrogens (primary N) is 1. The number of para-hydroxylation sites is 1. The quantitative estimate of drug-likeness (QED) is 0.744. The van der Waals surface area contributed by atoms with Crippen molar-refractivity contribution in [2.45, 2.75) is 5.92 Å². The molecule has 0 radical (unpaired) electrons. The summed E-state index contributed by atoms with van der Waals surface area (Å²) in [6, 6.07) is 16.2. The number of hydrogen-bond donors (Lipinski definition) is 2. The second-order valence-electron chi connectivity index (χ2n) is 4.63. The molecule has 3 aromatic rings. The van der Waals surface area contributed by atoms with E-state index in [-0.39, 0.29) is 5.92 Å². The summed E-state index contributed by atoms with van der Waals surface area (Å²) < 4.78 is 0. The van der Waals surface area contributed by atoms with Crippen molar-refractivity contribution < 1.29 is 0 Å². The number of aromatic nitrogens is 1. The summed E-state index contributed by atoms with van der Waals surface area (Å²) in [5, 5.41) is 1.98. The average molecular weight is 271 g/mol. The van der Waals surface area contributed by atoms with Gasteiger partial charge in [0.25, 0.3) is 0 Å². The van der Waals surface area contributed by atoms with Crippen molar-refractivity contribution in [2.24, 2.45) is 5.73 Å². The lowest BCUT2D eigenvalue weighted by Gasteiger charge is -2.15. The maximum atomic E-state index is 5.98. The van der Waals surface area contributed by atoms with Gasteiger partial charge in [-0.3, -0.25) is 0 Å². The normalized spacial score (nSPS) is 12.7. The van der Waals surface area contributed by atoms with Crippen LogP contribution in [0, 0.1) is 0 Å². The highest BCUT2D eigenvalue weighted by molar-refractivity contribution is 6.30. The van der Waals surface area contributed by atoms with E-state index in [0.717, 1.165) is 10.5 Å². The second kappa shape index (κ2) is 5.08. The monoisotopic (exact) mass is 270 g/mol. The standard InChI is InChI=1S/C16H15ClN2/c17-12-7-5-11(6-8-12)14(9-18)15-10-19-16-4-2-1-3-13(15)16/h1-8,10,14,19H,9,18H2/t14-/m0/s1. The van der Waals surface area contributed by atoms with E-state index < -0.39 is 0 Å². The van der Waals surface area contributed by atoms with Gasteiger partial charge in [0.15, 0.2) is 0 Å². The van der Waals surface area contributed by atoms with Gasteiger partial charge in [-0.25, -0.2) is 0 Å². The van der Waals surface area contributed by atoms with Crippen LogP contribution in [-0.4, -0.2) is 11.5 Å². The Morgan fingerprint density at radius 3 is 2.53 bits per heavy atom. The third-order valence-corrected chi connectivity index (χ3v) is 3.76. The molecule has 0 aliphatic carbocycles. The summed E-state index contributed by atoms with van der Waals surface area (Å²) in [5.74, 6) is 0.188. The third-order valence-electron chi connectivity index (χ3n) is 3.50. The van der Waals surface area contributed by atoms with Crippen LogP contribution in [0.15, 0.2) is 54.7 Å². The van der Waals surface area contributed by atoms with Crippen LogP contribution in [-0.2, 0) is 0 Å². The van der Waals surface area contributed by atoms with Gasteiger partial charge in [0, 0.05) is 34.6 Å². The molecule has 0 aliphatic heterocycles. The van der Waals surface area contributed by atoms with Crippen molar-refractivity contribution in [3.05, 3.63) is 70.9 Å². The van der Waals surface area contributed by atoms with Crippen LogP contribution in [0.1, 0.15) is 17.0 Å². The fourth-order valence-corrected chi connectivity index (χ4v) is 2.65. The Labute approximate surface area is 117 Å². The molecule has 19 heavy (non-hydrogen) atoms. The predicted molar refractivity (Wildman–Crippen MR) is 80.6 cm³/mol. The molecule has 3 heteroatoms. The summed E-state index contributed by atoms with van der Waals surface area (Å²) >= 11 is 5.94. The van der Waals surface area contributed by atoms with E-state index >= 15 is 0 Å². The summed E-state index contributed by atoms with van der Waals surface area (Å²) in [6.07, 6.45) is 2.05. The van der Waals surface area contributed by atoms with E-state index in [4.69, 9.17) is 17.3 Å². The molecule has 0 aliphatic rings. The molecule has 96 valence electrons. The van der Waals surface area contributed by atoms with Gasteiger partial charge < -0.3 is 10.7 Å². The van der Waals surface area contributed by atoms with Gasteiger partial charge in [0.2, 0.25) is 0 Å². The molecule has 1 aromatic heterocycles. The van der Waals surface area contributed by atoms with Gasteiger partial charge in [0.05, 0.1) is 0 Å². The van der Waals surface area contributed by atoms with Gasteiger partial charge in [-0.1, -0.05) is 41.9 Å². The van der Waals surface area contributed by atoms with Gasteiger partial charge in [-0.05, 0) is 29.3 Å². The molecule has 0 amide bonds. The maximum Gasteiger partial charge on any atom is 0.0457 e. The van der Waals surface area contributed by atoms with Crippen LogP contribution in [0.5, 0.6) is 0 Å². The summed E-state index contributed by atoms with van der Waals surface area (Å²) in [4.78, 5) is 3.30. The number of aromatic amines is 1. The lowest BCUT2D eigenvalue weighted by molar-refractivity contribution is 0.825. The first kappa shape index (κ1) is 12.3. The van der Waals surface area contributed by atoms with Crippen LogP contribution in [0.4, 0.5) is 0 Å². The number of nitrogens with one attached hydrogen (secondary N) is 1. The molecule has 3 N–H and O–H groups in total. The van der Waals surface area contributed by atoms with Crippen molar-refractivity contribution in [1.82, 2.24) is 4.98 Å². The number of halogens is 1. The smallest absolute Gasteiger partial charge is 0.0457 e. The molecule has 0 unspecified atom stereocenters. The Balaban J connectivity index is 2.09. The highest BCUT2D eigenvalue weighted by atomic mass is 35.5. The number of hydrogen-bond acceptors (Lipinski definition) is 1. The lowest BCUT2D eigenvalue weighted by atomic mass is 9.91. The maximum absolute atomic E-state index is 5.98. The lowest BCUT2D eigenvalue weighted by Crippen LogP contribution is -2.13. The minimum absolute atomic E-state index is 0.188. The van der Waals surface area contributed by atoms with E-state index in [1.54, 1.807) is 0 Å². The highest BCUT2D eigenvalue weighted by Crippen LogP contribution is 2.30. The molecule has 0 saturated carbocycles. The Hall–Kier alpha value is -1.77. The summed E-state index contributed by atoms with van der Waals surface area (Å²) in [6.45, 7) is 0.573. The largest absolute Gasteiger partial charge is 0.361 e. The average Bonchev–Trinajstić information content (AvgIpc) is 2.86. The number of fused-ring (bicyclic) bond motifs is 1. The van der Waals surface area contributed by atoms with E-state index in [9.17, 15) is 0 Å². The Bertz CT molecular complexity index is 685. The zero-order chi connectivity index (χ0) is 13.2. The number of H-pyrrole nitrogens is 1. The van der Waals surface area contributed by atoms with E-state index in [1.165, 1.54) is 16.5 Å². The van der Waals surface area contributed by atoms with Crippen molar-refractivity contribution >= 4 is 22.5 Å². The summed E-state index contributed by atoms with van der Waals surface area (Å²) in [7, 11) is 0. The highest BCUT2D eigenvalue weighted by Gasteiger charge is 2.16. The van der Waals surface area contributed by atoms with Crippen LogP contribution in [0.3, 0.4) is 0 Å². The fourth-order valence-electron chi connectivity index (χ4n) is 2.52. The SMILES string of the molecule is NC[C@@H](c1ccc(Cl)cc1)c1c[nH]c2ccccc12. The fraction of sp³-hybridized carbons (Fsp3) is 0.125. The first-order chi connectivity index (χ1) is 9.29. The van der Waals surface area contributed by atoms with Crippen LogP contribution < -0.4 is 5.73 Å². The summed E-state index contributed by atoms with van der Waals surface area (Å²) in [5.41, 5.74) is 9.55. The molecule has 2 nitrogen and oxygen atoms in total. The second-order valence-corrected chi connectivity index (χ2v) is 5.07. The molecule has 0 bridgehead atoms. The molecule has 1 atom stereocenters. The van der Waals surface area contributed by atoms with Crippen molar-refractivity contribution in [3.8, 4) is 0 Å². The minimum atomic E-state index is 0.188. The molecular formula is C16H15ClN2. The first-order valence-corrected chi connectivity index (χ1v) is 6.69. The first-order valence-electron chi connectivity index (χ1n) is 6.31. The van der Waals surface area contributed by atoms with Gasteiger partial charge >= 0.3 is 0 Å². The van der Waals surface area contributed by atoms with Crippen molar-refractivity contribution in [1.29, 1.82) is 0 Å². The molecule has 3 rings (SSSR count). The molecular weight excluding hydrogens is 256 g/mol. The van der Waals surface area contributed by atoms with Crippen LogP contribution in [0.2, 0.25) is 5.02 Å². The third kappa shape index (κ3) is 2.25. The zero-order valence-electron chi connectivity index (χ0n) is 10.4. The van der Waals surface area contributed by atoms with Crippen LogP contribution in [0.25, 0.3) is 10.9 Å². The van der Waals surface area contributed by atoms with Gasteiger partial charge in [-0.15, -0.1) is 0 Å².